The smallest absolute Gasteiger partial charge is 0.274 e. The second-order valence-corrected chi connectivity index (χ2v) is 10.3. The van der Waals surface area contributed by atoms with Crippen LogP contribution in [0.15, 0.2) is 127 Å². The zero-order valence-electron chi connectivity index (χ0n) is 26.1. The number of nitrogens with zero attached hydrogens (tertiary/aromatic N) is 3. The zero-order valence-corrected chi connectivity index (χ0v) is 26.1. The Morgan fingerprint density at radius 1 is 1.13 bits per heavy atom. The second-order valence-electron chi connectivity index (χ2n) is 10.3. The minimum absolute atomic E-state index is 0.0336. The summed E-state index contributed by atoms with van der Waals surface area (Å²) < 4.78 is 12.0. The Balaban J connectivity index is 0.000000483. The van der Waals surface area contributed by atoms with E-state index in [-0.39, 0.29) is 30.1 Å². The predicted octanol–water partition coefficient (Wildman–Crippen LogP) is 6.14. The first kappa shape index (κ1) is 34.3. The molecule has 1 aromatic carbocycles. The first-order chi connectivity index (χ1) is 21.7. The molecule has 3 aliphatic rings. The van der Waals surface area contributed by atoms with E-state index >= 15 is 0 Å². The van der Waals surface area contributed by atoms with Crippen LogP contribution < -0.4 is 10.6 Å². The maximum Gasteiger partial charge on any atom is 0.274 e. The third-order valence-corrected chi connectivity index (χ3v) is 7.62. The summed E-state index contributed by atoms with van der Waals surface area (Å²) in [5.74, 6) is -0.207. The van der Waals surface area contributed by atoms with Crippen LogP contribution in [0.2, 0.25) is 0 Å². The summed E-state index contributed by atoms with van der Waals surface area (Å²) in [6.45, 7) is 15.1. The van der Waals surface area contributed by atoms with Gasteiger partial charge in [-0.15, -0.1) is 13.2 Å². The van der Waals surface area contributed by atoms with Gasteiger partial charge in [-0.25, -0.2) is 9.37 Å². The average molecular weight is 610 g/mol. The molecule has 234 valence electrons. The number of carbonyl (C=O) groups excluding carboxylic acids is 3. The van der Waals surface area contributed by atoms with Crippen molar-refractivity contribution in [2.45, 2.75) is 45.2 Å². The molecule has 1 saturated carbocycles. The van der Waals surface area contributed by atoms with Gasteiger partial charge in [-0.1, -0.05) is 67.3 Å². The maximum atomic E-state index is 12.9. The fourth-order valence-corrected chi connectivity index (χ4v) is 5.39. The van der Waals surface area contributed by atoms with Crippen molar-refractivity contribution in [2.24, 2.45) is 4.99 Å². The molecule has 0 saturated heterocycles. The summed E-state index contributed by atoms with van der Waals surface area (Å²) in [7, 11) is 0. The minimum Gasteiger partial charge on any atom is -0.351 e. The minimum atomic E-state index is -0.649. The number of carbonyl (C=O) groups is 3. The number of amides is 3. The molecule has 0 bridgehead atoms. The lowest BCUT2D eigenvalue weighted by Crippen LogP contribution is -2.43. The summed E-state index contributed by atoms with van der Waals surface area (Å²) in [6.07, 6.45) is 12.3. The highest BCUT2D eigenvalue weighted by Gasteiger charge is 2.52. The number of hydrogen-bond donors (Lipinski definition) is 2. The Labute approximate surface area is 264 Å². The van der Waals surface area contributed by atoms with Gasteiger partial charge in [-0.2, -0.15) is 0 Å². The van der Waals surface area contributed by atoms with Crippen LogP contribution in [-0.4, -0.2) is 52.6 Å². The fraction of sp³-hybridized carbons (Fsp3) is 0.250. The molecule has 2 aliphatic heterocycles. The van der Waals surface area contributed by atoms with Gasteiger partial charge in [0.2, 0.25) is 11.8 Å². The van der Waals surface area contributed by atoms with E-state index in [2.05, 4.69) is 40.3 Å². The van der Waals surface area contributed by atoms with Gasteiger partial charge in [-0.05, 0) is 63.0 Å². The summed E-state index contributed by atoms with van der Waals surface area (Å²) in [4.78, 5) is 48.6. The lowest BCUT2D eigenvalue weighted by Gasteiger charge is -2.20. The van der Waals surface area contributed by atoms with Crippen molar-refractivity contribution in [3.8, 4) is 0 Å². The number of anilines is 1. The Kier molecular flexibility index (Phi) is 12.2. The van der Waals surface area contributed by atoms with Crippen LogP contribution in [-0.2, 0) is 19.8 Å². The highest BCUT2D eigenvalue weighted by molar-refractivity contribution is 6.46. The van der Waals surface area contributed by atoms with Gasteiger partial charge >= 0.3 is 0 Å². The summed E-state index contributed by atoms with van der Waals surface area (Å²) in [6, 6.07) is 13.1. The third kappa shape index (κ3) is 7.86. The molecule has 1 fully saturated rings. The molecule has 3 heterocycles. The molecule has 3 amide bonds. The molecule has 1 aliphatic carbocycles. The van der Waals surface area contributed by atoms with Crippen molar-refractivity contribution in [2.75, 3.05) is 18.4 Å². The Bertz CT molecular complexity index is 1570. The van der Waals surface area contributed by atoms with Crippen LogP contribution >= 0.6 is 0 Å². The van der Waals surface area contributed by atoms with Gasteiger partial charge < -0.3 is 15.5 Å². The highest BCUT2D eigenvalue weighted by Crippen LogP contribution is 2.52. The summed E-state index contributed by atoms with van der Waals surface area (Å²) in [5.41, 5.74) is 3.54. The first-order valence-electron chi connectivity index (χ1n) is 14.7. The van der Waals surface area contributed by atoms with E-state index in [9.17, 15) is 18.8 Å². The molecular formula is C36H40FN5O3. The third-order valence-electron chi connectivity index (χ3n) is 7.62. The van der Waals surface area contributed by atoms with Gasteiger partial charge in [0.05, 0.1) is 5.41 Å². The summed E-state index contributed by atoms with van der Waals surface area (Å²) in [5, 5.41) is 5.80. The zero-order chi connectivity index (χ0) is 33.0. The number of rotatable bonds is 7. The van der Waals surface area contributed by atoms with Crippen molar-refractivity contribution >= 4 is 29.3 Å². The number of nitrogens with one attached hydrogen (secondary N) is 2. The van der Waals surface area contributed by atoms with Gasteiger partial charge in [0.15, 0.2) is 0 Å². The molecule has 1 spiro atoms. The van der Waals surface area contributed by atoms with Crippen molar-refractivity contribution < 1.29 is 18.8 Å². The van der Waals surface area contributed by atoms with E-state index in [1.54, 1.807) is 25.3 Å². The molecule has 5 rings (SSSR count). The van der Waals surface area contributed by atoms with Crippen molar-refractivity contribution in [3.05, 3.63) is 133 Å². The second kappa shape index (κ2) is 16.0. The normalized spacial score (nSPS) is 22.0. The number of aliphatic imine (C=N–C) groups is 1. The molecule has 0 radical (unpaired) electrons. The molecule has 2 aromatic rings. The molecule has 0 unspecified atom stereocenters. The standard InChI is InChI=1S/C27H27N5O3.C7H9F.C2H4/c1-3-18-14-27(21-10-7-12-29-24(21)31-26(27)35)15-20(18)11-13-28-22(33)16-32-17(2)30-23(25(32)34)19-8-5-4-6-9-19;1-3-5-6-7(8)4-2;1-2/h3-12,17H,13-16H2,1-2H3,(H,28,33)(H,29,31,35);3-6H,2H2,1H3;1-2H2/b18-3-,20-11-;5-3-,7-6+;/t17-,27+;;/m0../s1. The number of benzene rings is 1. The van der Waals surface area contributed by atoms with Gasteiger partial charge in [0, 0.05) is 23.9 Å². The van der Waals surface area contributed by atoms with Crippen LogP contribution in [0.3, 0.4) is 0 Å². The Morgan fingerprint density at radius 2 is 1.84 bits per heavy atom. The van der Waals surface area contributed by atoms with Crippen LogP contribution in [0.4, 0.5) is 10.2 Å². The van der Waals surface area contributed by atoms with Crippen molar-refractivity contribution in [3.63, 3.8) is 0 Å². The first-order valence-corrected chi connectivity index (χ1v) is 14.7. The number of hydrogen-bond acceptors (Lipinski definition) is 5. The molecule has 9 heteroatoms. The van der Waals surface area contributed by atoms with Crippen LogP contribution in [0, 0.1) is 0 Å². The number of fused-ring (bicyclic) bond motifs is 2. The van der Waals surface area contributed by atoms with Crippen molar-refractivity contribution in [1.29, 1.82) is 0 Å². The summed E-state index contributed by atoms with van der Waals surface area (Å²) >= 11 is 0. The number of pyridine rings is 1. The van der Waals surface area contributed by atoms with Gasteiger partial charge in [-0.3, -0.25) is 19.4 Å². The van der Waals surface area contributed by atoms with Crippen LogP contribution in [0.25, 0.3) is 0 Å². The van der Waals surface area contributed by atoms with Crippen molar-refractivity contribution in [1.82, 2.24) is 15.2 Å². The highest BCUT2D eigenvalue weighted by atomic mass is 19.1. The fourth-order valence-electron chi connectivity index (χ4n) is 5.39. The number of allylic oxidation sites excluding steroid dienone is 8. The molecule has 2 N–H and O–H groups in total. The molecular weight excluding hydrogens is 569 g/mol. The van der Waals surface area contributed by atoms with E-state index in [0.717, 1.165) is 22.3 Å². The quantitative estimate of drug-likeness (QED) is 0.291. The van der Waals surface area contributed by atoms with Gasteiger partial charge in [0.25, 0.3) is 5.91 Å². The predicted molar refractivity (Wildman–Crippen MR) is 178 cm³/mol. The Morgan fingerprint density at radius 3 is 2.51 bits per heavy atom. The molecule has 45 heavy (non-hydrogen) atoms. The topological polar surface area (TPSA) is 104 Å². The van der Waals surface area contributed by atoms with Crippen LogP contribution in [0.1, 0.15) is 44.7 Å². The van der Waals surface area contributed by atoms with Crippen LogP contribution in [0.5, 0.6) is 0 Å². The van der Waals surface area contributed by atoms with E-state index in [0.29, 0.717) is 30.9 Å². The molecule has 1 aromatic heterocycles. The van der Waals surface area contributed by atoms with E-state index in [1.807, 2.05) is 68.5 Å². The Hall–Kier alpha value is -5.18. The maximum absolute atomic E-state index is 12.9. The monoisotopic (exact) mass is 609 g/mol. The van der Waals surface area contributed by atoms with Gasteiger partial charge in [0.1, 0.15) is 30.1 Å². The largest absolute Gasteiger partial charge is 0.351 e. The lowest BCUT2D eigenvalue weighted by atomic mass is 9.80. The number of aromatic nitrogens is 1. The molecule has 8 nitrogen and oxygen atoms in total. The average Bonchev–Trinajstić information content (AvgIpc) is 3.68. The van der Waals surface area contributed by atoms with E-state index in [1.165, 1.54) is 17.1 Å². The SMILES string of the molecule is C/C=C1/C[C@]2(C/C1=C/CNC(=O)CN1C(=O)C(c3ccccc3)=N[C@@H]1C)C(=O)Nc1ncccc12.C=C.C=C/C(F)=C\C=C/C. The van der Waals surface area contributed by atoms with E-state index < -0.39 is 11.6 Å². The molecule has 2 atom stereocenters. The number of halogens is 1. The lowest BCUT2D eigenvalue weighted by molar-refractivity contribution is -0.131. The van der Waals surface area contributed by atoms with E-state index in [4.69, 9.17) is 0 Å².